The van der Waals surface area contributed by atoms with Crippen LogP contribution in [0.1, 0.15) is 41.4 Å². The minimum atomic E-state index is 0.0376. The molecule has 1 amide bonds. The third kappa shape index (κ3) is 2.41. The number of hydrogen-bond donors (Lipinski definition) is 2. The van der Waals surface area contributed by atoms with E-state index < -0.39 is 0 Å². The summed E-state index contributed by atoms with van der Waals surface area (Å²) in [6.45, 7) is 1.84. The number of rotatable bonds is 2. The molecule has 2 fully saturated rings. The average molecular weight is 310 g/mol. The Bertz CT molecular complexity index is 798. The smallest absolute Gasteiger partial charge is 0.251 e. The predicted octanol–water partition coefficient (Wildman–Crippen LogP) is 2.90. The van der Waals surface area contributed by atoms with E-state index in [2.05, 4.69) is 28.5 Å². The molecule has 1 aromatic heterocycles. The van der Waals surface area contributed by atoms with Gasteiger partial charge in [0, 0.05) is 28.4 Å². The minimum absolute atomic E-state index is 0.0376. The summed E-state index contributed by atoms with van der Waals surface area (Å²) >= 11 is 1.67. The van der Waals surface area contributed by atoms with Crippen LogP contribution in [0.5, 0.6) is 0 Å². The van der Waals surface area contributed by atoms with Gasteiger partial charge in [0.05, 0.1) is 4.88 Å². The second-order valence-corrected chi connectivity index (χ2v) is 7.19. The summed E-state index contributed by atoms with van der Waals surface area (Å²) in [7, 11) is 0. The van der Waals surface area contributed by atoms with Crippen LogP contribution in [-0.4, -0.2) is 24.0 Å². The second kappa shape index (κ2) is 5.42. The first-order valence-electron chi connectivity index (χ1n) is 7.76. The summed E-state index contributed by atoms with van der Waals surface area (Å²) in [5.74, 6) is 6.04. The van der Waals surface area contributed by atoms with E-state index in [1.807, 2.05) is 25.1 Å². The maximum Gasteiger partial charge on any atom is 0.251 e. The van der Waals surface area contributed by atoms with E-state index in [0.717, 1.165) is 22.2 Å². The molecule has 3 heterocycles. The number of thiophene rings is 1. The molecule has 2 aliphatic rings. The van der Waals surface area contributed by atoms with Crippen LogP contribution < -0.4 is 10.6 Å². The lowest BCUT2D eigenvalue weighted by molar-refractivity contribution is 0.0931. The van der Waals surface area contributed by atoms with Gasteiger partial charge in [-0.05, 0) is 55.8 Å². The summed E-state index contributed by atoms with van der Waals surface area (Å²) in [5.41, 5.74) is 0.740. The van der Waals surface area contributed by atoms with Crippen LogP contribution in [-0.2, 0) is 0 Å². The number of benzene rings is 1. The van der Waals surface area contributed by atoms with Crippen molar-refractivity contribution in [3.8, 4) is 11.8 Å². The highest BCUT2D eigenvalue weighted by molar-refractivity contribution is 7.19. The molecule has 0 aliphatic carbocycles. The molecule has 0 unspecified atom stereocenters. The Hall–Kier alpha value is -1.83. The summed E-state index contributed by atoms with van der Waals surface area (Å²) in [5, 5.41) is 7.85. The van der Waals surface area contributed by atoms with Gasteiger partial charge < -0.3 is 10.6 Å². The van der Waals surface area contributed by atoms with Crippen molar-refractivity contribution in [3.63, 3.8) is 0 Å². The molecule has 2 aliphatic heterocycles. The molecular weight excluding hydrogens is 292 g/mol. The van der Waals surface area contributed by atoms with Gasteiger partial charge >= 0.3 is 0 Å². The Balaban J connectivity index is 1.54. The average Bonchev–Trinajstić information content (AvgIpc) is 3.20. The van der Waals surface area contributed by atoms with E-state index in [9.17, 15) is 4.79 Å². The molecule has 22 heavy (non-hydrogen) atoms. The number of carbonyl (C=O) groups excluding carboxylic acids is 1. The lowest BCUT2D eigenvalue weighted by Gasteiger charge is -2.21. The molecule has 2 bridgehead atoms. The molecule has 0 saturated carbocycles. The van der Waals surface area contributed by atoms with Crippen molar-refractivity contribution in [1.29, 1.82) is 0 Å². The van der Waals surface area contributed by atoms with Crippen LogP contribution in [0.4, 0.5) is 0 Å². The van der Waals surface area contributed by atoms with E-state index in [-0.39, 0.29) is 11.9 Å². The molecule has 0 radical (unpaired) electrons. The van der Waals surface area contributed by atoms with Gasteiger partial charge in [-0.2, -0.15) is 0 Å². The van der Waals surface area contributed by atoms with Crippen LogP contribution in [0.15, 0.2) is 24.3 Å². The zero-order chi connectivity index (χ0) is 15.1. The quantitative estimate of drug-likeness (QED) is 0.838. The minimum Gasteiger partial charge on any atom is -0.348 e. The van der Waals surface area contributed by atoms with E-state index in [1.165, 1.54) is 17.5 Å². The fourth-order valence-corrected chi connectivity index (χ4v) is 4.55. The van der Waals surface area contributed by atoms with Gasteiger partial charge in [0.2, 0.25) is 0 Å². The Labute approximate surface area is 134 Å². The van der Waals surface area contributed by atoms with Gasteiger partial charge in [-0.25, -0.2) is 0 Å². The maximum absolute atomic E-state index is 12.5. The predicted molar refractivity (Wildman–Crippen MR) is 90.2 cm³/mol. The Morgan fingerprint density at radius 3 is 3.00 bits per heavy atom. The van der Waals surface area contributed by atoms with Gasteiger partial charge in [0.1, 0.15) is 0 Å². The molecule has 112 valence electrons. The fraction of sp³-hybridized carbons (Fsp3) is 0.389. The first-order valence-corrected chi connectivity index (χ1v) is 8.58. The highest BCUT2D eigenvalue weighted by Gasteiger charge is 2.39. The molecule has 4 heteroatoms. The van der Waals surface area contributed by atoms with Gasteiger partial charge in [-0.15, -0.1) is 17.3 Å². The third-order valence-corrected chi connectivity index (χ3v) is 5.67. The first-order chi connectivity index (χ1) is 10.7. The molecule has 4 rings (SSSR count). The van der Waals surface area contributed by atoms with Crippen LogP contribution in [0, 0.1) is 11.8 Å². The van der Waals surface area contributed by atoms with Crippen molar-refractivity contribution in [2.45, 2.75) is 44.3 Å². The van der Waals surface area contributed by atoms with Gasteiger partial charge in [-0.3, -0.25) is 4.79 Å². The highest BCUT2D eigenvalue weighted by atomic mass is 32.1. The number of fused-ring (bicyclic) bond motifs is 3. The normalized spacial score (nSPS) is 26.0. The zero-order valence-electron chi connectivity index (χ0n) is 12.5. The number of carbonyl (C=O) groups is 1. The topological polar surface area (TPSA) is 41.1 Å². The summed E-state index contributed by atoms with van der Waals surface area (Å²) in [4.78, 5) is 13.5. The zero-order valence-corrected chi connectivity index (χ0v) is 13.3. The molecule has 3 nitrogen and oxygen atoms in total. The number of hydrogen-bond acceptors (Lipinski definition) is 3. The van der Waals surface area contributed by atoms with E-state index >= 15 is 0 Å². The van der Waals surface area contributed by atoms with Gasteiger partial charge in [0.15, 0.2) is 0 Å². The molecule has 3 atom stereocenters. The van der Waals surface area contributed by atoms with Crippen LogP contribution in [0.25, 0.3) is 10.1 Å². The van der Waals surface area contributed by atoms with Crippen molar-refractivity contribution in [2.75, 3.05) is 0 Å². The van der Waals surface area contributed by atoms with Crippen molar-refractivity contribution >= 4 is 27.3 Å². The fourth-order valence-electron chi connectivity index (χ4n) is 3.60. The van der Waals surface area contributed by atoms with Gasteiger partial charge in [0.25, 0.3) is 5.91 Å². The molecular formula is C18H18N2OS. The molecule has 2 N–H and O–H groups in total. The van der Waals surface area contributed by atoms with E-state index in [0.29, 0.717) is 12.1 Å². The lowest BCUT2D eigenvalue weighted by atomic mass is 9.95. The van der Waals surface area contributed by atoms with E-state index in [1.54, 1.807) is 11.3 Å². The third-order valence-electron chi connectivity index (χ3n) is 4.64. The van der Waals surface area contributed by atoms with Crippen LogP contribution in [0.2, 0.25) is 0 Å². The monoisotopic (exact) mass is 310 g/mol. The molecule has 0 spiro atoms. The molecule has 2 aromatic rings. The Kier molecular flexibility index (Phi) is 3.40. The van der Waals surface area contributed by atoms with Crippen molar-refractivity contribution in [3.05, 3.63) is 34.7 Å². The van der Waals surface area contributed by atoms with Crippen molar-refractivity contribution in [1.82, 2.24) is 10.6 Å². The van der Waals surface area contributed by atoms with Crippen molar-refractivity contribution in [2.24, 2.45) is 0 Å². The Morgan fingerprint density at radius 1 is 1.36 bits per heavy atom. The Morgan fingerprint density at radius 2 is 2.27 bits per heavy atom. The van der Waals surface area contributed by atoms with Crippen LogP contribution >= 0.6 is 11.3 Å². The van der Waals surface area contributed by atoms with Crippen molar-refractivity contribution < 1.29 is 4.79 Å². The summed E-state index contributed by atoms with van der Waals surface area (Å²) in [6.07, 6.45) is 3.49. The van der Waals surface area contributed by atoms with Gasteiger partial charge in [-0.1, -0.05) is 5.92 Å². The summed E-state index contributed by atoms with van der Waals surface area (Å²) < 4.78 is 1.18. The van der Waals surface area contributed by atoms with Crippen LogP contribution in [0.3, 0.4) is 0 Å². The number of nitrogens with one attached hydrogen (secondary N) is 2. The highest BCUT2D eigenvalue weighted by Crippen LogP contribution is 2.29. The number of amides is 1. The first kappa shape index (κ1) is 13.8. The molecule has 1 aromatic carbocycles. The standard InChI is InChI=1S/C18H18N2OS/c1-2-3-14-9-12-8-11(4-7-17(12)22-14)18(21)20-16-10-13-5-6-15(16)19-13/h4,7-9,13,15-16,19H,5-6,10H2,1H3,(H,20,21)/t13-,15+,16-/m1/s1. The van der Waals surface area contributed by atoms with E-state index in [4.69, 9.17) is 0 Å². The SMILES string of the molecule is CC#Cc1cc2cc(C(=O)N[C@@H]3C[C@H]4CC[C@@H]3N4)ccc2s1. The molecule has 2 saturated heterocycles. The second-order valence-electron chi connectivity index (χ2n) is 6.10. The largest absolute Gasteiger partial charge is 0.348 e. The summed E-state index contributed by atoms with van der Waals surface area (Å²) in [6, 6.07) is 9.32. The maximum atomic E-state index is 12.5. The lowest BCUT2D eigenvalue weighted by Crippen LogP contribution is -2.42.